The maximum atomic E-state index is 13.6. The van der Waals surface area contributed by atoms with Gasteiger partial charge in [0.15, 0.2) is 6.10 Å². The average Bonchev–Trinajstić information content (AvgIpc) is 2.41. The molecule has 0 saturated heterocycles. The highest BCUT2D eigenvalue weighted by atomic mass is 35.5. The number of benzene rings is 2. The van der Waals surface area contributed by atoms with Crippen LogP contribution in [0.2, 0.25) is 10.0 Å². The molecule has 0 bridgehead atoms. The normalized spacial score (nSPS) is 11.8. The van der Waals surface area contributed by atoms with Crippen LogP contribution < -0.4 is 10.1 Å². The Balaban J connectivity index is 2.02. The van der Waals surface area contributed by atoms with Gasteiger partial charge in [0.1, 0.15) is 11.6 Å². The minimum absolute atomic E-state index is 0.0472. The number of hydrogen-bond donors (Lipinski definition) is 1. The number of rotatable bonds is 4. The van der Waals surface area contributed by atoms with Crippen molar-refractivity contribution in [2.45, 2.75) is 13.0 Å². The number of anilines is 1. The van der Waals surface area contributed by atoms with Crippen molar-refractivity contribution in [2.24, 2.45) is 0 Å². The lowest BCUT2D eigenvalue weighted by atomic mass is 10.2. The van der Waals surface area contributed by atoms with E-state index in [1.54, 1.807) is 31.2 Å². The van der Waals surface area contributed by atoms with Crippen LogP contribution in [0.5, 0.6) is 5.75 Å². The zero-order valence-electron chi connectivity index (χ0n) is 11.1. The molecule has 0 saturated carbocycles. The summed E-state index contributed by atoms with van der Waals surface area (Å²) in [5.41, 5.74) is 0.0472. The molecule has 0 aliphatic rings. The van der Waals surface area contributed by atoms with E-state index in [4.69, 9.17) is 27.9 Å². The number of amides is 1. The molecular weight excluding hydrogens is 316 g/mol. The molecule has 6 heteroatoms. The van der Waals surface area contributed by atoms with Crippen LogP contribution >= 0.6 is 23.2 Å². The zero-order chi connectivity index (χ0) is 15.4. The first-order valence-corrected chi connectivity index (χ1v) is 6.89. The van der Waals surface area contributed by atoms with Crippen LogP contribution in [-0.4, -0.2) is 12.0 Å². The SMILES string of the molecule is C[C@H](Oc1cccc(Cl)c1)C(=O)Nc1ccc(Cl)cc1F. The number of ether oxygens (including phenoxy) is 1. The molecule has 1 amide bonds. The van der Waals surface area contributed by atoms with Crippen LogP contribution in [0.1, 0.15) is 6.92 Å². The van der Waals surface area contributed by atoms with E-state index < -0.39 is 17.8 Å². The van der Waals surface area contributed by atoms with Crippen molar-refractivity contribution in [3.05, 3.63) is 58.3 Å². The quantitative estimate of drug-likeness (QED) is 0.895. The lowest BCUT2D eigenvalue weighted by molar-refractivity contribution is -0.122. The van der Waals surface area contributed by atoms with Crippen molar-refractivity contribution < 1.29 is 13.9 Å². The maximum Gasteiger partial charge on any atom is 0.265 e. The Kier molecular flexibility index (Phi) is 5.04. The minimum atomic E-state index is -0.807. The third kappa shape index (κ3) is 4.34. The van der Waals surface area contributed by atoms with Crippen molar-refractivity contribution in [2.75, 3.05) is 5.32 Å². The molecule has 21 heavy (non-hydrogen) atoms. The van der Waals surface area contributed by atoms with Crippen LogP contribution in [-0.2, 0) is 4.79 Å². The molecule has 2 aromatic carbocycles. The Bertz CT molecular complexity index is 664. The molecule has 1 N–H and O–H groups in total. The van der Waals surface area contributed by atoms with Crippen molar-refractivity contribution in [1.29, 1.82) is 0 Å². The average molecular weight is 328 g/mol. The Labute approximate surface area is 131 Å². The van der Waals surface area contributed by atoms with Crippen molar-refractivity contribution in [1.82, 2.24) is 0 Å². The smallest absolute Gasteiger partial charge is 0.265 e. The van der Waals surface area contributed by atoms with E-state index in [2.05, 4.69) is 5.32 Å². The third-order valence-electron chi connectivity index (χ3n) is 2.67. The Morgan fingerprint density at radius 1 is 1.19 bits per heavy atom. The summed E-state index contributed by atoms with van der Waals surface area (Å²) < 4.78 is 19.0. The summed E-state index contributed by atoms with van der Waals surface area (Å²) in [5.74, 6) is -0.622. The van der Waals surface area contributed by atoms with Gasteiger partial charge < -0.3 is 10.1 Å². The molecule has 0 unspecified atom stereocenters. The lowest BCUT2D eigenvalue weighted by Gasteiger charge is -2.15. The fraction of sp³-hybridized carbons (Fsp3) is 0.133. The third-order valence-corrected chi connectivity index (χ3v) is 3.14. The number of hydrogen-bond acceptors (Lipinski definition) is 2. The number of nitrogens with one attached hydrogen (secondary N) is 1. The first-order valence-electron chi connectivity index (χ1n) is 6.14. The summed E-state index contributed by atoms with van der Waals surface area (Å²) in [6.07, 6.45) is -0.807. The second-order valence-corrected chi connectivity index (χ2v) is 5.20. The van der Waals surface area contributed by atoms with Crippen LogP contribution in [0.3, 0.4) is 0 Å². The number of halogens is 3. The molecule has 0 heterocycles. The van der Waals surface area contributed by atoms with Crippen LogP contribution in [0.4, 0.5) is 10.1 Å². The van der Waals surface area contributed by atoms with E-state index in [1.165, 1.54) is 12.1 Å². The van der Waals surface area contributed by atoms with Crippen molar-refractivity contribution in [3.8, 4) is 5.75 Å². The van der Waals surface area contributed by atoms with E-state index >= 15 is 0 Å². The molecule has 2 rings (SSSR count). The standard InChI is InChI=1S/C15H12Cl2FNO2/c1-9(21-12-4-2-3-10(16)7-12)15(20)19-14-6-5-11(17)8-13(14)18/h2-9H,1H3,(H,19,20)/t9-/m0/s1. The number of carbonyl (C=O) groups excluding carboxylic acids is 1. The van der Waals surface area contributed by atoms with Gasteiger partial charge in [-0.3, -0.25) is 4.79 Å². The molecule has 1 atom stereocenters. The van der Waals surface area contributed by atoms with Gasteiger partial charge in [-0.1, -0.05) is 29.3 Å². The van der Waals surface area contributed by atoms with E-state index in [0.717, 1.165) is 6.07 Å². The van der Waals surface area contributed by atoms with Crippen LogP contribution in [0.25, 0.3) is 0 Å². The summed E-state index contributed by atoms with van der Waals surface area (Å²) >= 11 is 11.5. The summed E-state index contributed by atoms with van der Waals surface area (Å²) in [4.78, 5) is 12.0. The van der Waals surface area contributed by atoms with Gasteiger partial charge in [-0.25, -0.2) is 4.39 Å². The second-order valence-electron chi connectivity index (χ2n) is 4.33. The maximum absolute atomic E-state index is 13.6. The zero-order valence-corrected chi connectivity index (χ0v) is 12.6. The highest BCUT2D eigenvalue weighted by Gasteiger charge is 2.16. The Morgan fingerprint density at radius 3 is 2.57 bits per heavy atom. The summed E-state index contributed by atoms with van der Waals surface area (Å²) in [6.45, 7) is 1.56. The monoisotopic (exact) mass is 327 g/mol. The molecule has 3 nitrogen and oxygen atoms in total. The molecule has 0 spiro atoms. The van der Waals surface area contributed by atoms with Gasteiger partial charge in [-0.15, -0.1) is 0 Å². The molecular formula is C15H12Cl2FNO2. The van der Waals surface area contributed by atoms with Crippen molar-refractivity contribution in [3.63, 3.8) is 0 Å². The molecule has 0 aromatic heterocycles. The van der Waals surface area contributed by atoms with Gasteiger partial charge in [0, 0.05) is 10.0 Å². The van der Waals surface area contributed by atoms with Gasteiger partial charge in [0.25, 0.3) is 5.91 Å². The molecule has 0 aliphatic heterocycles. The van der Waals surface area contributed by atoms with Gasteiger partial charge in [-0.2, -0.15) is 0 Å². The predicted octanol–water partition coefficient (Wildman–Crippen LogP) is 4.54. The van der Waals surface area contributed by atoms with E-state index in [0.29, 0.717) is 10.8 Å². The van der Waals surface area contributed by atoms with Gasteiger partial charge in [0.05, 0.1) is 5.69 Å². The largest absolute Gasteiger partial charge is 0.481 e. The first kappa shape index (κ1) is 15.6. The van der Waals surface area contributed by atoms with Gasteiger partial charge >= 0.3 is 0 Å². The molecule has 110 valence electrons. The van der Waals surface area contributed by atoms with Crippen LogP contribution in [0, 0.1) is 5.82 Å². The van der Waals surface area contributed by atoms with E-state index in [1.807, 2.05) is 0 Å². The van der Waals surface area contributed by atoms with Gasteiger partial charge in [0.2, 0.25) is 0 Å². The molecule has 0 aliphatic carbocycles. The topological polar surface area (TPSA) is 38.3 Å². The van der Waals surface area contributed by atoms with Crippen LogP contribution in [0.15, 0.2) is 42.5 Å². The first-order chi connectivity index (χ1) is 9.95. The lowest BCUT2D eigenvalue weighted by Crippen LogP contribution is -2.30. The fourth-order valence-electron chi connectivity index (χ4n) is 1.62. The summed E-state index contributed by atoms with van der Waals surface area (Å²) in [7, 11) is 0. The predicted molar refractivity (Wildman–Crippen MR) is 81.6 cm³/mol. The summed E-state index contributed by atoms with van der Waals surface area (Å²) in [6, 6.07) is 10.7. The molecule has 0 radical (unpaired) electrons. The van der Waals surface area contributed by atoms with E-state index in [9.17, 15) is 9.18 Å². The Hall–Kier alpha value is -1.78. The van der Waals surface area contributed by atoms with Gasteiger partial charge in [-0.05, 0) is 43.3 Å². The van der Waals surface area contributed by atoms with E-state index in [-0.39, 0.29) is 10.7 Å². The Morgan fingerprint density at radius 2 is 1.90 bits per heavy atom. The molecule has 2 aromatic rings. The van der Waals surface area contributed by atoms with Crippen molar-refractivity contribution >= 4 is 34.8 Å². The molecule has 0 fully saturated rings. The second kappa shape index (κ2) is 6.78. The minimum Gasteiger partial charge on any atom is -0.481 e. The highest BCUT2D eigenvalue weighted by molar-refractivity contribution is 6.31. The fourth-order valence-corrected chi connectivity index (χ4v) is 1.96. The highest BCUT2D eigenvalue weighted by Crippen LogP contribution is 2.21. The number of carbonyl (C=O) groups is 1. The summed E-state index contributed by atoms with van der Waals surface area (Å²) in [5, 5.41) is 3.20.